The lowest BCUT2D eigenvalue weighted by molar-refractivity contribution is 0.223. The Morgan fingerprint density at radius 1 is 0.276 bits per heavy atom. The Balaban J connectivity index is 0.777. The van der Waals surface area contributed by atoms with Crippen molar-refractivity contribution in [2.45, 2.75) is 12.8 Å². The number of hydrogen-bond donors (Lipinski definition) is 0. The fourth-order valence-corrected chi connectivity index (χ4v) is 34.4. The monoisotopic (exact) mass is 354 g/mol. The van der Waals surface area contributed by atoms with Gasteiger partial charge >= 0.3 is 0 Å². The summed E-state index contributed by atoms with van der Waals surface area (Å²) < 4.78 is 0. The molecule has 27 fully saturated rings. The third-order valence-corrected chi connectivity index (χ3v) is 28.4. The maximum atomic E-state index is 1.77. The van der Waals surface area contributed by atoms with E-state index in [2.05, 4.69) is 0 Å². The topological polar surface area (TPSA) is 0 Å². The molecule has 0 radical (unpaired) electrons. The van der Waals surface area contributed by atoms with Gasteiger partial charge < -0.3 is 0 Å². The summed E-state index contributed by atoms with van der Waals surface area (Å²) in [5.41, 5.74) is 30.6. The van der Waals surface area contributed by atoms with Gasteiger partial charge in [-0.15, -0.1) is 0 Å². The molecule has 0 heterocycles. The molecule has 0 heteroatoms. The minimum atomic E-state index is 1.16. The minimum absolute atomic E-state index is 1.16. The van der Waals surface area contributed by atoms with Crippen molar-refractivity contribution in [3.8, 4) is 0 Å². The predicted octanol–water partition coefficient (Wildman–Crippen LogP) is 1.03. The zero-order valence-corrected chi connectivity index (χ0v) is 15.1. The molecule has 0 amide bonds. The van der Waals surface area contributed by atoms with E-state index in [4.69, 9.17) is 0 Å². The first-order valence-corrected chi connectivity index (χ1v) is 14.4. The Morgan fingerprint density at radius 3 is 0.759 bits per heavy atom. The average molecular weight is 354 g/mol. The van der Waals surface area contributed by atoms with Crippen LogP contribution in [-0.2, 0) is 0 Å². The Bertz CT molecular complexity index is 2150. The molecule has 0 aromatic carbocycles. The summed E-state index contributed by atoms with van der Waals surface area (Å²) in [4.78, 5) is 0. The lowest BCUT2D eigenvalue weighted by Gasteiger charge is -2.21. The van der Waals surface area contributed by atoms with E-state index in [1.54, 1.807) is 12.8 Å². The van der Waals surface area contributed by atoms with Crippen molar-refractivity contribution < 1.29 is 0 Å². The van der Waals surface area contributed by atoms with Gasteiger partial charge in [0.05, 0.1) is 0 Å². The fraction of sp³-hybridized carbons (Fsp3) is 1.00. The summed E-state index contributed by atoms with van der Waals surface area (Å²) in [7, 11) is 0. The molecule has 25 spiro atoms. The maximum absolute atomic E-state index is 1.77. The van der Waals surface area contributed by atoms with Crippen LogP contribution in [0.25, 0.3) is 0 Å². The second kappa shape index (κ2) is 0.818. The number of rotatable bonds is 0. The summed E-state index contributed by atoms with van der Waals surface area (Å²) in [5.74, 6) is 2.77. The highest BCUT2D eigenvalue weighted by atomic mass is 16.0. The Hall–Kier alpha value is 0. The SMILES string of the molecule is C1C2C13C21C32C13C21C32C13C21C32C13C21C32C34C56C78C9%10C%11%12C%13%14C%15CC%15%13C%14%11C%129C%107C85C63C124. The molecule has 27 aliphatic rings. The van der Waals surface area contributed by atoms with Gasteiger partial charge in [0.25, 0.3) is 0 Å². The van der Waals surface area contributed by atoms with E-state index >= 15 is 0 Å². The largest absolute Gasteiger partial charge is 0.0421 e. The highest BCUT2D eigenvalue weighted by Crippen LogP contribution is 3.97. The molecule has 0 N–H and O–H groups in total. The lowest BCUT2D eigenvalue weighted by Crippen LogP contribution is -2.21. The van der Waals surface area contributed by atoms with Crippen molar-refractivity contribution in [1.29, 1.82) is 0 Å². The van der Waals surface area contributed by atoms with E-state index in [0.29, 0.717) is 0 Å². The van der Waals surface area contributed by atoms with Gasteiger partial charge in [-0.25, -0.2) is 0 Å². The highest BCUT2D eigenvalue weighted by molar-refractivity contribution is 6.40. The summed E-state index contributed by atoms with van der Waals surface area (Å²) in [5, 5.41) is 0. The summed E-state index contributed by atoms with van der Waals surface area (Å²) in [6.07, 6.45) is 3.54. The molecule has 0 aromatic rings. The first kappa shape index (κ1) is 7.52. The van der Waals surface area contributed by atoms with Crippen LogP contribution < -0.4 is 0 Å². The summed E-state index contributed by atoms with van der Waals surface area (Å²) in [6, 6.07) is 0. The van der Waals surface area contributed by atoms with Gasteiger partial charge in [-0.2, -0.15) is 0 Å². The summed E-state index contributed by atoms with van der Waals surface area (Å²) >= 11 is 0. The molecule has 0 nitrogen and oxygen atoms in total. The molecule has 27 saturated carbocycles. The average Bonchev–Trinajstić information content (AvgIpc) is 3.26. The second-order valence-corrected chi connectivity index (χ2v) is 20.8. The standard InChI is InChI=1S/C29H6/c1-3-5(1)7(3)9(5)11(7)13(9)15(11)17(13)19(15)21(17)23(19)25(21)27(23)28-24-20-16-12-8-4-2-6(4,8)10(8,12)14(12,16)18(16,20)22(20,24)26(24,28)29(25,27)28/h3-4H,1-2H2. The first-order chi connectivity index (χ1) is 14.4. The minimum Gasteiger partial charge on any atom is -0.0421 e. The van der Waals surface area contributed by atoms with E-state index in [1.807, 2.05) is 0 Å². The van der Waals surface area contributed by atoms with E-state index in [9.17, 15) is 0 Å². The van der Waals surface area contributed by atoms with Crippen LogP contribution in [0.4, 0.5) is 0 Å². The Kier molecular flexibility index (Phi) is 0.212. The molecule has 27 rings (SSSR count). The van der Waals surface area contributed by atoms with Crippen LogP contribution in [0.3, 0.4) is 0 Å². The molecule has 0 saturated heterocycles. The van der Waals surface area contributed by atoms with Crippen molar-refractivity contribution in [2.24, 2.45) is 147 Å². The van der Waals surface area contributed by atoms with Crippen LogP contribution in [0.1, 0.15) is 12.8 Å². The van der Waals surface area contributed by atoms with E-state index in [1.165, 1.54) is 136 Å². The quantitative estimate of drug-likeness (QED) is 0.610. The van der Waals surface area contributed by atoms with E-state index < -0.39 is 0 Å². The van der Waals surface area contributed by atoms with Crippen LogP contribution in [-0.4, -0.2) is 0 Å². The van der Waals surface area contributed by atoms with Gasteiger partial charge in [-0.3, -0.25) is 0 Å². The third kappa shape index (κ3) is 0.117. The molecule has 122 valence electrons. The van der Waals surface area contributed by atoms with Crippen molar-refractivity contribution in [1.82, 2.24) is 0 Å². The maximum Gasteiger partial charge on any atom is -0.000000000000203 e. The van der Waals surface area contributed by atoms with Crippen LogP contribution in [0, 0.1) is 147 Å². The molecule has 26 atom stereocenters. The zero-order chi connectivity index (χ0) is 15.1. The molecule has 0 aromatic heterocycles. The van der Waals surface area contributed by atoms with Gasteiger partial charge in [-0.1, -0.05) is 0 Å². The summed E-state index contributed by atoms with van der Waals surface area (Å²) in [6.45, 7) is 0. The van der Waals surface area contributed by atoms with Gasteiger partial charge in [0.1, 0.15) is 0 Å². The molecule has 26 unspecified atom stereocenters. The molecule has 29 heavy (non-hydrogen) atoms. The zero-order valence-electron chi connectivity index (χ0n) is 15.1. The first-order valence-electron chi connectivity index (χ1n) is 14.4. The van der Waals surface area contributed by atoms with Crippen molar-refractivity contribution in [3.63, 3.8) is 0 Å². The normalized spacial score (nSPS) is 175. The van der Waals surface area contributed by atoms with Gasteiger partial charge in [-0.05, 0) is 160 Å². The van der Waals surface area contributed by atoms with Crippen LogP contribution >= 0.6 is 0 Å². The molecular formula is C29H6. The smallest absolute Gasteiger partial charge is 0.000000000000203 e. The van der Waals surface area contributed by atoms with Crippen LogP contribution in [0.2, 0.25) is 0 Å². The molecule has 0 aliphatic heterocycles. The predicted molar refractivity (Wildman–Crippen MR) is 77.0 cm³/mol. The van der Waals surface area contributed by atoms with Crippen molar-refractivity contribution >= 4 is 0 Å². The lowest BCUT2D eigenvalue weighted by atomic mass is 9.80. The Morgan fingerprint density at radius 2 is 0.517 bits per heavy atom. The van der Waals surface area contributed by atoms with Crippen molar-refractivity contribution in [3.05, 3.63) is 0 Å². The van der Waals surface area contributed by atoms with Gasteiger partial charge in [0, 0.05) is 0 Å². The van der Waals surface area contributed by atoms with Crippen molar-refractivity contribution in [2.75, 3.05) is 0 Å². The fourth-order valence-electron chi connectivity index (χ4n) is 34.4. The number of hydrogen-bond acceptors (Lipinski definition) is 0. The van der Waals surface area contributed by atoms with Crippen LogP contribution in [0.5, 0.6) is 0 Å². The second-order valence-electron chi connectivity index (χ2n) is 20.8. The molecular weight excluding hydrogens is 348 g/mol. The van der Waals surface area contributed by atoms with E-state index in [-0.39, 0.29) is 0 Å². The van der Waals surface area contributed by atoms with E-state index in [0.717, 1.165) is 10.8 Å². The molecule has 0 bridgehead atoms. The van der Waals surface area contributed by atoms with Crippen LogP contribution in [0.15, 0.2) is 0 Å². The van der Waals surface area contributed by atoms with Gasteiger partial charge in [0.2, 0.25) is 0 Å². The van der Waals surface area contributed by atoms with Gasteiger partial charge in [0.15, 0.2) is 0 Å². The molecule has 27 aliphatic carbocycles. The highest BCUT2D eigenvalue weighted by Gasteiger charge is 3.97. The third-order valence-electron chi connectivity index (χ3n) is 28.4. The Labute approximate surface area is 160 Å².